The first-order valence-corrected chi connectivity index (χ1v) is 6.76. The van der Waals surface area contributed by atoms with Crippen LogP contribution in [-0.4, -0.2) is 10.8 Å². The van der Waals surface area contributed by atoms with Gasteiger partial charge in [0.05, 0.1) is 15.0 Å². The molecule has 0 fully saturated rings. The van der Waals surface area contributed by atoms with Crippen molar-refractivity contribution in [3.63, 3.8) is 0 Å². The zero-order valence-electron chi connectivity index (χ0n) is 10.3. The van der Waals surface area contributed by atoms with Crippen LogP contribution in [-0.2, 0) is 0 Å². The van der Waals surface area contributed by atoms with Crippen LogP contribution in [0.3, 0.4) is 0 Å². The summed E-state index contributed by atoms with van der Waals surface area (Å²) in [5.41, 5.74) is -0.340. The van der Waals surface area contributed by atoms with E-state index in [1.54, 1.807) is 0 Å². The Bertz CT molecular complexity index is 739. The number of nitrogens with one attached hydrogen (secondary N) is 1. The van der Waals surface area contributed by atoms with E-state index in [1.807, 2.05) is 0 Å². The molecule has 0 unspecified atom stereocenters. The summed E-state index contributed by atoms with van der Waals surface area (Å²) in [4.78, 5) is 22.4. The van der Waals surface area contributed by atoms with Crippen molar-refractivity contribution in [3.05, 3.63) is 67.4 Å². The third kappa shape index (κ3) is 3.37. The molecule has 0 saturated carbocycles. The van der Waals surface area contributed by atoms with Gasteiger partial charge in [-0.15, -0.1) is 0 Å². The first kappa shape index (κ1) is 15.4. The minimum absolute atomic E-state index is 0.0147. The molecule has 0 bridgehead atoms. The van der Waals surface area contributed by atoms with Crippen LogP contribution >= 0.6 is 27.5 Å². The quantitative estimate of drug-likeness (QED) is 0.640. The van der Waals surface area contributed by atoms with Gasteiger partial charge in [0.1, 0.15) is 11.5 Å². The van der Waals surface area contributed by atoms with E-state index < -0.39 is 16.6 Å². The van der Waals surface area contributed by atoms with Crippen molar-refractivity contribution in [2.24, 2.45) is 0 Å². The number of rotatable bonds is 3. The molecule has 108 valence electrons. The first-order valence-electron chi connectivity index (χ1n) is 5.59. The van der Waals surface area contributed by atoms with E-state index in [2.05, 4.69) is 21.2 Å². The summed E-state index contributed by atoms with van der Waals surface area (Å²) in [6.07, 6.45) is 0. The van der Waals surface area contributed by atoms with Crippen LogP contribution in [0.2, 0.25) is 5.02 Å². The average Bonchev–Trinajstić information content (AvgIpc) is 2.43. The van der Waals surface area contributed by atoms with Gasteiger partial charge in [-0.1, -0.05) is 17.7 Å². The third-order valence-corrected chi connectivity index (χ3v) is 3.64. The molecule has 0 aliphatic carbocycles. The fourth-order valence-corrected chi connectivity index (χ4v) is 2.24. The number of carbonyl (C=O) groups is 1. The molecule has 0 aliphatic heterocycles. The van der Waals surface area contributed by atoms with Gasteiger partial charge >= 0.3 is 0 Å². The van der Waals surface area contributed by atoms with E-state index in [1.165, 1.54) is 30.3 Å². The molecule has 5 nitrogen and oxygen atoms in total. The number of nitro benzene ring substituents is 1. The maximum atomic E-state index is 13.4. The highest BCUT2D eigenvalue weighted by Gasteiger charge is 2.19. The van der Waals surface area contributed by atoms with E-state index in [4.69, 9.17) is 11.6 Å². The number of hydrogen-bond acceptors (Lipinski definition) is 3. The molecule has 2 aromatic rings. The smallest absolute Gasteiger partial charge is 0.294 e. The summed E-state index contributed by atoms with van der Waals surface area (Å²) < 4.78 is 13.4. The second kappa shape index (κ2) is 6.19. The van der Waals surface area contributed by atoms with Gasteiger partial charge in [0.25, 0.3) is 11.6 Å². The Balaban J connectivity index is 2.36. The Morgan fingerprint density at radius 3 is 2.71 bits per heavy atom. The fourth-order valence-electron chi connectivity index (χ4n) is 1.63. The molecule has 8 heteroatoms. The van der Waals surface area contributed by atoms with Crippen molar-refractivity contribution in [1.29, 1.82) is 0 Å². The van der Waals surface area contributed by atoms with Gasteiger partial charge in [-0.25, -0.2) is 4.39 Å². The number of nitrogens with zero attached hydrogens (tertiary/aromatic N) is 1. The molecule has 0 aromatic heterocycles. The van der Waals surface area contributed by atoms with Crippen LogP contribution in [0.4, 0.5) is 15.8 Å². The first-order chi connectivity index (χ1) is 9.90. The standard InChI is InChI=1S/C13H7BrClFN2O3/c14-12-8(2-1-3-9(12)16)13(19)17-10-5-4-7(15)6-11(10)18(20)21/h1-6H,(H,17,19). The molecule has 0 aliphatic rings. The molecule has 0 saturated heterocycles. The number of hydrogen-bond donors (Lipinski definition) is 1. The highest BCUT2D eigenvalue weighted by molar-refractivity contribution is 9.10. The number of carbonyl (C=O) groups excluding carboxylic acids is 1. The molecule has 0 spiro atoms. The molecule has 0 radical (unpaired) electrons. The normalized spacial score (nSPS) is 10.2. The van der Waals surface area contributed by atoms with Gasteiger partial charge < -0.3 is 5.32 Å². The Kier molecular flexibility index (Phi) is 4.54. The summed E-state index contributed by atoms with van der Waals surface area (Å²) in [7, 11) is 0. The average molecular weight is 374 g/mol. The zero-order valence-corrected chi connectivity index (χ0v) is 12.6. The molecular formula is C13H7BrClFN2O3. The lowest BCUT2D eigenvalue weighted by Gasteiger charge is -2.08. The number of halogens is 3. The highest BCUT2D eigenvalue weighted by Crippen LogP contribution is 2.29. The monoisotopic (exact) mass is 372 g/mol. The van der Waals surface area contributed by atoms with E-state index in [0.29, 0.717) is 0 Å². The second-order valence-corrected chi connectivity index (χ2v) is 5.20. The van der Waals surface area contributed by atoms with Crippen molar-refractivity contribution in [1.82, 2.24) is 0 Å². The molecule has 2 rings (SSSR count). The number of benzene rings is 2. The van der Waals surface area contributed by atoms with Crippen LogP contribution in [0.5, 0.6) is 0 Å². The Morgan fingerprint density at radius 2 is 2.05 bits per heavy atom. The fraction of sp³-hybridized carbons (Fsp3) is 0. The maximum absolute atomic E-state index is 13.4. The Morgan fingerprint density at radius 1 is 1.33 bits per heavy atom. The lowest BCUT2D eigenvalue weighted by Crippen LogP contribution is -2.14. The van der Waals surface area contributed by atoms with Crippen molar-refractivity contribution in [2.45, 2.75) is 0 Å². The topological polar surface area (TPSA) is 72.2 Å². The van der Waals surface area contributed by atoms with Gasteiger partial charge in [-0.3, -0.25) is 14.9 Å². The summed E-state index contributed by atoms with van der Waals surface area (Å²) in [6, 6.07) is 7.79. The maximum Gasteiger partial charge on any atom is 0.294 e. The Labute approximate surface area is 132 Å². The van der Waals surface area contributed by atoms with Gasteiger partial charge in [0.2, 0.25) is 0 Å². The molecule has 1 amide bonds. The zero-order chi connectivity index (χ0) is 15.6. The van der Waals surface area contributed by atoms with Crippen LogP contribution in [0.1, 0.15) is 10.4 Å². The van der Waals surface area contributed by atoms with Gasteiger partial charge in [-0.05, 0) is 40.2 Å². The number of nitro groups is 1. The predicted octanol–water partition coefficient (Wildman–Crippen LogP) is 4.40. The van der Waals surface area contributed by atoms with Gasteiger partial charge in [0.15, 0.2) is 0 Å². The van der Waals surface area contributed by atoms with Crippen molar-refractivity contribution < 1.29 is 14.1 Å². The van der Waals surface area contributed by atoms with Crippen LogP contribution in [0, 0.1) is 15.9 Å². The molecule has 0 atom stereocenters. The number of anilines is 1. The van der Waals surface area contributed by atoms with Crippen molar-refractivity contribution in [2.75, 3.05) is 5.32 Å². The lowest BCUT2D eigenvalue weighted by atomic mass is 10.2. The van der Waals surface area contributed by atoms with Crippen LogP contribution in [0.15, 0.2) is 40.9 Å². The van der Waals surface area contributed by atoms with E-state index >= 15 is 0 Å². The SMILES string of the molecule is O=C(Nc1ccc(Cl)cc1[N+](=O)[O-])c1cccc(F)c1Br. The summed E-state index contributed by atoms with van der Waals surface area (Å²) >= 11 is 8.65. The molecule has 2 aromatic carbocycles. The third-order valence-electron chi connectivity index (χ3n) is 2.60. The van der Waals surface area contributed by atoms with Gasteiger partial charge in [0, 0.05) is 11.1 Å². The van der Waals surface area contributed by atoms with Gasteiger partial charge in [-0.2, -0.15) is 0 Å². The Hall–Kier alpha value is -1.99. The second-order valence-electron chi connectivity index (χ2n) is 3.97. The molecule has 1 N–H and O–H groups in total. The lowest BCUT2D eigenvalue weighted by molar-refractivity contribution is -0.383. The van der Waals surface area contributed by atoms with Crippen LogP contribution in [0.25, 0.3) is 0 Å². The van der Waals surface area contributed by atoms with E-state index in [-0.39, 0.29) is 26.4 Å². The molecule has 21 heavy (non-hydrogen) atoms. The molecular weight excluding hydrogens is 367 g/mol. The van der Waals surface area contributed by atoms with E-state index in [0.717, 1.165) is 6.07 Å². The summed E-state index contributed by atoms with van der Waals surface area (Å²) in [5, 5.41) is 13.5. The largest absolute Gasteiger partial charge is 0.316 e. The minimum atomic E-state index is -0.674. The van der Waals surface area contributed by atoms with Crippen molar-refractivity contribution >= 4 is 44.8 Å². The van der Waals surface area contributed by atoms with Crippen molar-refractivity contribution in [3.8, 4) is 0 Å². The summed E-state index contributed by atoms with van der Waals surface area (Å²) in [5.74, 6) is -1.28. The summed E-state index contributed by atoms with van der Waals surface area (Å²) in [6.45, 7) is 0. The highest BCUT2D eigenvalue weighted by atomic mass is 79.9. The van der Waals surface area contributed by atoms with E-state index in [9.17, 15) is 19.3 Å². The predicted molar refractivity (Wildman–Crippen MR) is 80.2 cm³/mol. The van der Waals surface area contributed by atoms with Crippen LogP contribution < -0.4 is 5.32 Å². The minimum Gasteiger partial charge on any atom is -0.316 e. The number of amides is 1. The molecule has 0 heterocycles.